The van der Waals surface area contributed by atoms with E-state index in [1.165, 1.54) is 4.90 Å². The van der Waals surface area contributed by atoms with Crippen molar-refractivity contribution in [1.29, 1.82) is 0 Å². The Balaban J connectivity index is 0.000000370. The summed E-state index contributed by atoms with van der Waals surface area (Å²) in [7, 11) is 10.5. The number of halogens is 3. The fourth-order valence-electron chi connectivity index (χ4n) is 4.16. The average molecular weight is 824 g/mol. The first-order chi connectivity index (χ1) is 25.4. The lowest BCUT2D eigenvalue weighted by Gasteiger charge is -2.28. The first-order valence-electron chi connectivity index (χ1n) is 16.0. The summed E-state index contributed by atoms with van der Waals surface area (Å²) in [5, 5.41) is 37.6. The molecule has 2 fully saturated rings. The van der Waals surface area contributed by atoms with Gasteiger partial charge in [-0.1, -0.05) is 34.8 Å². The molecule has 5 heterocycles. The molecule has 2 aliphatic heterocycles. The summed E-state index contributed by atoms with van der Waals surface area (Å²) in [6.07, 6.45) is 0. The zero-order chi connectivity index (χ0) is 41.1. The van der Waals surface area contributed by atoms with E-state index in [0.29, 0.717) is 55.4 Å². The van der Waals surface area contributed by atoms with Crippen LogP contribution in [0.1, 0.15) is 17.5 Å². The molecular formula is C29H45Cl3N14O8. The number of rotatable bonds is 6. The minimum atomic E-state index is -0.718. The molecule has 2 aliphatic rings. The van der Waals surface area contributed by atoms with Gasteiger partial charge in [0.15, 0.2) is 0 Å². The summed E-state index contributed by atoms with van der Waals surface area (Å²) in [6.45, 7) is 11.0. The first-order valence-corrected chi connectivity index (χ1v) is 17.1. The summed E-state index contributed by atoms with van der Waals surface area (Å²) in [4.78, 5) is 58.9. The van der Waals surface area contributed by atoms with Crippen LogP contribution >= 0.6 is 34.8 Å². The highest BCUT2D eigenvalue weighted by Gasteiger charge is 2.30. The molecule has 0 unspecified atom stereocenters. The Morgan fingerprint density at radius 3 is 1.33 bits per heavy atom. The van der Waals surface area contributed by atoms with Gasteiger partial charge in [-0.25, -0.2) is 29.9 Å². The lowest BCUT2D eigenvalue weighted by atomic mass is 10.3. The highest BCUT2D eigenvalue weighted by molar-refractivity contribution is 6.36. The number of hydrogen-bond acceptors (Lipinski definition) is 19. The zero-order valence-corrected chi connectivity index (χ0v) is 33.7. The van der Waals surface area contributed by atoms with E-state index < -0.39 is 20.5 Å². The molecule has 54 heavy (non-hydrogen) atoms. The van der Waals surface area contributed by atoms with Crippen LogP contribution in [0.2, 0.25) is 15.5 Å². The predicted octanol–water partition coefficient (Wildman–Crippen LogP) is 3.45. The number of nitrogens with zero attached hydrogens (tertiary/aromatic N) is 12. The Kier molecular flexibility index (Phi) is 21.2. The maximum absolute atomic E-state index is 11.3. The molecule has 5 rings (SSSR count). The van der Waals surface area contributed by atoms with E-state index >= 15 is 0 Å². The molecule has 22 nitrogen and oxygen atoms in total. The van der Waals surface area contributed by atoms with E-state index in [4.69, 9.17) is 44.3 Å². The molecule has 0 amide bonds. The van der Waals surface area contributed by atoms with Crippen LogP contribution < -0.4 is 25.3 Å². The monoisotopic (exact) mass is 822 g/mol. The molecule has 25 heteroatoms. The van der Waals surface area contributed by atoms with Crippen LogP contribution in [0, 0.1) is 51.1 Å². The van der Waals surface area contributed by atoms with Gasteiger partial charge >= 0.3 is 17.1 Å². The molecule has 3 aromatic rings. The normalized spacial score (nSPS) is 13.2. The van der Waals surface area contributed by atoms with E-state index in [2.05, 4.69) is 40.5 Å². The third kappa shape index (κ3) is 15.5. The summed E-state index contributed by atoms with van der Waals surface area (Å²) in [5.41, 5.74) is -0.760. The van der Waals surface area contributed by atoms with Crippen molar-refractivity contribution in [3.05, 3.63) is 63.3 Å². The van der Waals surface area contributed by atoms with Crippen LogP contribution in [0.25, 0.3) is 0 Å². The predicted molar refractivity (Wildman–Crippen MR) is 206 cm³/mol. The molecule has 0 spiro atoms. The topological polar surface area (TPSA) is 259 Å². The van der Waals surface area contributed by atoms with Crippen LogP contribution in [0.5, 0.6) is 0 Å². The fraction of sp³-hybridized carbons (Fsp3) is 0.586. The van der Waals surface area contributed by atoms with Gasteiger partial charge < -0.3 is 34.8 Å². The lowest BCUT2D eigenvalue weighted by molar-refractivity contribution is -0.385. The summed E-state index contributed by atoms with van der Waals surface area (Å²) >= 11 is 16.6. The molecule has 0 bridgehead atoms. The van der Waals surface area contributed by atoms with Crippen LogP contribution in [0.4, 0.5) is 34.5 Å². The zero-order valence-electron chi connectivity index (χ0n) is 31.4. The molecule has 3 aromatic heterocycles. The summed E-state index contributed by atoms with van der Waals surface area (Å²) in [5.74, 6) is 2.16. The van der Waals surface area contributed by atoms with Crippen molar-refractivity contribution < 1.29 is 24.2 Å². The van der Waals surface area contributed by atoms with Gasteiger partial charge in [0.1, 0.15) is 17.5 Å². The van der Waals surface area contributed by atoms with Gasteiger partial charge in [0.25, 0.3) is 0 Å². The summed E-state index contributed by atoms with van der Waals surface area (Å²) in [6, 6.07) is 0. The van der Waals surface area contributed by atoms with E-state index in [-0.39, 0.29) is 32.7 Å². The Labute approximate surface area is 327 Å². The second-order valence-corrected chi connectivity index (χ2v) is 12.3. The average Bonchev–Trinajstić information content (AvgIpc) is 3.09. The van der Waals surface area contributed by atoms with E-state index in [1.807, 2.05) is 19.0 Å². The molecule has 0 aliphatic carbocycles. The van der Waals surface area contributed by atoms with E-state index in [9.17, 15) is 30.3 Å². The van der Waals surface area contributed by atoms with Gasteiger partial charge in [-0.3, -0.25) is 30.3 Å². The van der Waals surface area contributed by atoms with Crippen LogP contribution in [0.3, 0.4) is 0 Å². The van der Waals surface area contributed by atoms with Gasteiger partial charge in [0, 0.05) is 54.4 Å². The Morgan fingerprint density at radius 2 is 0.981 bits per heavy atom. The van der Waals surface area contributed by atoms with Gasteiger partial charge in [-0.15, -0.1) is 0 Å². The lowest BCUT2D eigenvalue weighted by Crippen LogP contribution is -2.37. The molecule has 0 atom stereocenters. The number of nitrogens with one attached hydrogen (secondary N) is 2. The Bertz CT molecular complexity index is 1660. The number of hydrogen-bond donors (Lipinski definition) is 2. The number of nitro groups is 3. The number of morpholine rings is 2. The third-order valence-electron chi connectivity index (χ3n) is 6.36. The highest BCUT2D eigenvalue weighted by atomic mass is 35.5. The smallest absolute Gasteiger partial charge is 0.353 e. The van der Waals surface area contributed by atoms with Crippen molar-refractivity contribution in [2.24, 2.45) is 0 Å². The van der Waals surface area contributed by atoms with Crippen molar-refractivity contribution in [2.45, 2.75) is 20.8 Å². The van der Waals surface area contributed by atoms with Crippen molar-refractivity contribution in [3.8, 4) is 0 Å². The van der Waals surface area contributed by atoms with Crippen molar-refractivity contribution in [2.75, 3.05) is 110 Å². The van der Waals surface area contributed by atoms with Crippen LogP contribution in [-0.4, -0.2) is 140 Å². The molecule has 0 radical (unpaired) electrons. The largest absolute Gasteiger partial charge is 0.379 e. The molecule has 0 aromatic carbocycles. The van der Waals surface area contributed by atoms with Gasteiger partial charge in [-0.2, -0.15) is 0 Å². The highest BCUT2D eigenvalue weighted by Crippen LogP contribution is 2.34. The third-order valence-corrected chi connectivity index (χ3v) is 7.15. The van der Waals surface area contributed by atoms with E-state index in [0.717, 1.165) is 26.3 Å². The minimum absolute atomic E-state index is 0.0440. The Hall–Kier alpha value is -4.45. The van der Waals surface area contributed by atoms with Crippen LogP contribution in [-0.2, 0) is 9.47 Å². The maximum atomic E-state index is 11.3. The van der Waals surface area contributed by atoms with Gasteiger partial charge in [0.2, 0.25) is 32.9 Å². The number of aryl methyl sites for hydroxylation is 3. The standard InChI is InChI=1S/C11H17N5O3.C7H9ClN4O2.C5H3Cl2N3O2.C4H9NO.C2H7N/c1-8-12-10(14(2)3)9(16(17)18)11(13-8)15-4-6-19-7-5-15;1-4-9-6(8)5(12(13)14)7(10-4)11(2)3;1-2-8-4(6)3(10(11)12)5(7)9-2;1-3-6-4-2-5-1;1-3-2/h4-7H2,1-3H3;1-3H3;1H3;5H,1-4H2;3H,1-2H3. The molecule has 0 saturated carbocycles. The van der Waals surface area contributed by atoms with Crippen LogP contribution in [0.15, 0.2) is 0 Å². The quantitative estimate of drug-likeness (QED) is 0.205. The van der Waals surface area contributed by atoms with Crippen molar-refractivity contribution in [1.82, 2.24) is 40.5 Å². The SMILES string of the molecule is C1COCCN1.CNC.Cc1nc(Cl)c([N+](=O)[O-])c(Cl)n1.Cc1nc(Cl)c([N+](=O)[O-])c(N(C)C)n1.Cc1nc(N(C)C)c([N+](=O)[O-])c(N2CCOCC2)n1. The number of aromatic nitrogens is 6. The Morgan fingerprint density at radius 1 is 0.630 bits per heavy atom. The molecule has 300 valence electrons. The maximum Gasteiger partial charge on any atom is 0.353 e. The molecule has 2 saturated heterocycles. The van der Waals surface area contributed by atoms with E-state index in [1.54, 1.807) is 53.9 Å². The van der Waals surface area contributed by atoms with Gasteiger partial charge in [-0.05, 0) is 34.9 Å². The summed E-state index contributed by atoms with van der Waals surface area (Å²) < 4.78 is 10.3. The van der Waals surface area contributed by atoms with Crippen molar-refractivity contribution >= 4 is 69.3 Å². The number of ether oxygens (including phenoxy) is 2. The van der Waals surface area contributed by atoms with Gasteiger partial charge in [0.05, 0.1) is 41.2 Å². The second kappa shape index (κ2) is 24.1. The second-order valence-electron chi connectivity index (χ2n) is 11.2. The fourth-order valence-corrected chi connectivity index (χ4v) is 5.05. The molecule has 2 N–H and O–H groups in total. The first kappa shape index (κ1) is 47.6. The molecular weight excluding hydrogens is 779 g/mol. The van der Waals surface area contributed by atoms with Crippen molar-refractivity contribution in [3.63, 3.8) is 0 Å². The minimum Gasteiger partial charge on any atom is -0.379 e. The number of anilines is 3.